The molecule has 2 aromatic heterocycles. The molecule has 0 amide bonds. The molecule has 2 aliphatic heterocycles. The molecule has 2 unspecified atom stereocenters. The fraction of sp³-hybridized carbons (Fsp3) is 0.360. The van der Waals surface area contributed by atoms with Gasteiger partial charge in [-0.15, -0.1) is 0 Å². The molecule has 2 aliphatic rings. The summed E-state index contributed by atoms with van der Waals surface area (Å²) >= 11 is 6.38. The number of hydrazone groups is 1. The van der Waals surface area contributed by atoms with Crippen LogP contribution in [0.3, 0.4) is 0 Å². The summed E-state index contributed by atoms with van der Waals surface area (Å²) < 4.78 is 25.2. The highest BCUT2D eigenvalue weighted by Crippen LogP contribution is 2.34. The molecule has 1 aromatic carbocycles. The summed E-state index contributed by atoms with van der Waals surface area (Å²) in [4.78, 5) is 14.4. The Morgan fingerprint density at radius 3 is 2.72 bits per heavy atom. The number of benzene rings is 1. The first-order valence-electron chi connectivity index (χ1n) is 11.8. The van der Waals surface area contributed by atoms with Gasteiger partial charge in [0.05, 0.1) is 49.3 Å². The van der Waals surface area contributed by atoms with Gasteiger partial charge in [0.25, 0.3) is 0 Å². The molecular formula is C25H27ClFN7O2. The summed E-state index contributed by atoms with van der Waals surface area (Å²) in [5.41, 5.74) is 6.25. The van der Waals surface area contributed by atoms with Crippen molar-refractivity contribution in [1.29, 1.82) is 0 Å². The number of morpholine rings is 1. The van der Waals surface area contributed by atoms with Gasteiger partial charge >= 0.3 is 0 Å². The Labute approximate surface area is 213 Å². The normalized spacial score (nSPS) is 20.1. The maximum atomic E-state index is 14.2. The van der Waals surface area contributed by atoms with Gasteiger partial charge in [0, 0.05) is 36.3 Å². The maximum absolute atomic E-state index is 14.2. The minimum Gasteiger partial charge on any atom is -0.378 e. The van der Waals surface area contributed by atoms with E-state index < -0.39 is 5.82 Å². The van der Waals surface area contributed by atoms with E-state index in [4.69, 9.17) is 21.1 Å². The lowest BCUT2D eigenvalue weighted by molar-refractivity contribution is 0.118. The first kappa shape index (κ1) is 24.4. The fourth-order valence-electron chi connectivity index (χ4n) is 4.36. The molecule has 0 spiro atoms. The number of halogens is 2. The Morgan fingerprint density at radius 2 is 1.97 bits per heavy atom. The second-order valence-electron chi connectivity index (χ2n) is 8.68. The van der Waals surface area contributed by atoms with Crippen LogP contribution in [0.25, 0.3) is 0 Å². The van der Waals surface area contributed by atoms with Crippen molar-refractivity contribution in [1.82, 2.24) is 15.0 Å². The summed E-state index contributed by atoms with van der Waals surface area (Å²) in [6.45, 7) is 5.08. The predicted octanol–water partition coefficient (Wildman–Crippen LogP) is 4.58. The molecule has 11 heteroatoms. The van der Waals surface area contributed by atoms with Crippen molar-refractivity contribution in [2.75, 3.05) is 48.6 Å². The molecule has 2 saturated heterocycles. The van der Waals surface area contributed by atoms with Gasteiger partial charge in [0.15, 0.2) is 11.6 Å². The van der Waals surface area contributed by atoms with Gasteiger partial charge in [-0.05, 0) is 49.2 Å². The molecule has 0 aliphatic carbocycles. The smallest absolute Gasteiger partial charge is 0.245 e. The van der Waals surface area contributed by atoms with Crippen molar-refractivity contribution < 1.29 is 13.9 Å². The van der Waals surface area contributed by atoms with Gasteiger partial charge in [-0.2, -0.15) is 10.1 Å². The number of hydrogen-bond donors (Lipinski definition) is 2. The lowest BCUT2D eigenvalue weighted by atomic mass is 9.93. The van der Waals surface area contributed by atoms with Crippen LogP contribution in [0.15, 0.2) is 47.8 Å². The number of ether oxygens (including phenoxy) is 2. The summed E-state index contributed by atoms with van der Waals surface area (Å²) in [5, 5.41) is 8.17. The Kier molecular flexibility index (Phi) is 7.55. The monoisotopic (exact) mass is 511 g/mol. The van der Waals surface area contributed by atoms with Crippen molar-refractivity contribution in [2.24, 2.45) is 5.10 Å². The first-order valence-corrected chi connectivity index (χ1v) is 12.2. The van der Waals surface area contributed by atoms with E-state index in [0.717, 1.165) is 36.2 Å². The van der Waals surface area contributed by atoms with Crippen LogP contribution in [0.1, 0.15) is 30.5 Å². The highest BCUT2D eigenvalue weighted by atomic mass is 35.5. The highest BCUT2D eigenvalue weighted by Gasteiger charge is 2.26. The molecule has 2 fully saturated rings. The zero-order valence-electron chi connectivity index (χ0n) is 19.8. The number of nitrogens with zero attached hydrogens (tertiary/aromatic N) is 5. The largest absolute Gasteiger partial charge is 0.378 e. The van der Waals surface area contributed by atoms with Crippen LogP contribution in [0.5, 0.6) is 0 Å². The van der Waals surface area contributed by atoms with Crippen molar-refractivity contribution in [3.8, 4) is 0 Å². The van der Waals surface area contributed by atoms with E-state index in [2.05, 4.69) is 43.8 Å². The van der Waals surface area contributed by atoms with Gasteiger partial charge in [-0.25, -0.2) is 14.8 Å². The van der Waals surface area contributed by atoms with Crippen LogP contribution in [0, 0.1) is 5.82 Å². The SMILES string of the molecule is CC1OCCC1c1cc(Cl)cc(Nc2ccc(/C=N/Nc3ncc(F)c(N4CCOCC4)n3)nc2)c1. The highest BCUT2D eigenvalue weighted by molar-refractivity contribution is 6.31. The lowest BCUT2D eigenvalue weighted by Gasteiger charge is -2.27. The van der Waals surface area contributed by atoms with Crippen LogP contribution < -0.4 is 15.6 Å². The van der Waals surface area contributed by atoms with Crippen molar-refractivity contribution in [3.63, 3.8) is 0 Å². The number of hydrogen-bond acceptors (Lipinski definition) is 9. The van der Waals surface area contributed by atoms with E-state index >= 15 is 0 Å². The summed E-state index contributed by atoms with van der Waals surface area (Å²) in [6.07, 6.45) is 5.56. The quantitative estimate of drug-likeness (QED) is 0.351. The number of pyridine rings is 1. The van der Waals surface area contributed by atoms with Gasteiger partial charge < -0.3 is 19.7 Å². The van der Waals surface area contributed by atoms with E-state index in [1.807, 2.05) is 29.2 Å². The molecule has 2 N–H and O–H groups in total. The first-order chi connectivity index (χ1) is 17.5. The fourth-order valence-corrected chi connectivity index (χ4v) is 4.60. The average Bonchev–Trinajstić information content (AvgIpc) is 3.32. The third-order valence-electron chi connectivity index (χ3n) is 6.20. The van der Waals surface area contributed by atoms with Crippen molar-refractivity contribution in [2.45, 2.75) is 25.4 Å². The van der Waals surface area contributed by atoms with Gasteiger partial charge in [0.1, 0.15) is 0 Å². The molecule has 2 atom stereocenters. The Bertz CT molecular complexity index is 1220. The summed E-state index contributed by atoms with van der Waals surface area (Å²) in [6, 6.07) is 9.73. The van der Waals surface area contributed by atoms with Crippen molar-refractivity contribution in [3.05, 3.63) is 64.8 Å². The van der Waals surface area contributed by atoms with Gasteiger partial charge in [-0.1, -0.05) is 11.6 Å². The minimum atomic E-state index is -0.478. The molecule has 3 aromatic rings. The molecule has 4 heterocycles. The summed E-state index contributed by atoms with van der Waals surface area (Å²) in [7, 11) is 0. The minimum absolute atomic E-state index is 0.177. The van der Waals surface area contributed by atoms with Crippen LogP contribution in [0.2, 0.25) is 5.02 Å². The number of nitrogens with one attached hydrogen (secondary N) is 2. The predicted molar refractivity (Wildman–Crippen MR) is 138 cm³/mol. The van der Waals surface area contributed by atoms with E-state index in [-0.39, 0.29) is 17.9 Å². The number of rotatable bonds is 7. The molecule has 0 bridgehead atoms. The number of aromatic nitrogens is 3. The third-order valence-corrected chi connectivity index (χ3v) is 6.42. The van der Waals surface area contributed by atoms with Gasteiger partial charge in [0.2, 0.25) is 5.95 Å². The Hall–Kier alpha value is -3.34. The molecule has 5 rings (SSSR count). The molecule has 9 nitrogen and oxygen atoms in total. The average molecular weight is 512 g/mol. The molecule has 0 radical (unpaired) electrons. The van der Waals surface area contributed by atoms with E-state index in [0.29, 0.717) is 42.9 Å². The Morgan fingerprint density at radius 1 is 1.11 bits per heavy atom. The second kappa shape index (κ2) is 11.2. The zero-order valence-corrected chi connectivity index (χ0v) is 20.6. The molecular weight excluding hydrogens is 485 g/mol. The molecule has 0 saturated carbocycles. The van der Waals surface area contributed by atoms with Crippen LogP contribution in [0.4, 0.5) is 27.5 Å². The summed E-state index contributed by atoms with van der Waals surface area (Å²) in [5.74, 6) is 0.294. The van der Waals surface area contributed by atoms with E-state index in [1.54, 1.807) is 12.4 Å². The van der Waals surface area contributed by atoms with Crippen molar-refractivity contribution >= 4 is 41.0 Å². The van der Waals surface area contributed by atoms with Crippen LogP contribution in [-0.4, -0.2) is 60.2 Å². The third kappa shape index (κ3) is 5.89. The Balaban J connectivity index is 1.21. The topological polar surface area (TPSA) is 96.8 Å². The molecule has 188 valence electrons. The van der Waals surface area contributed by atoms with E-state index in [1.165, 1.54) is 0 Å². The van der Waals surface area contributed by atoms with E-state index in [9.17, 15) is 4.39 Å². The maximum Gasteiger partial charge on any atom is 0.245 e. The van der Waals surface area contributed by atoms with Gasteiger partial charge in [-0.3, -0.25) is 4.98 Å². The second-order valence-corrected chi connectivity index (χ2v) is 9.11. The number of anilines is 4. The van der Waals surface area contributed by atoms with Crippen LogP contribution >= 0.6 is 11.6 Å². The lowest BCUT2D eigenvalue weighted by Crippen LogP contribution is -2.37. The standard InChI is InChI=1S/C25H27ClFN7O2/c1-16-22(4-7-36-16)17-10-18(26)12-21(11-17)31-20-3-2-19(28-13-20)14-30-33-25-29-15-23(27)24(32-25)34-5-8-35-9-6-34/h2-3,10-16,22,31H,4-9H2,1H3,(H,29,32,33)/b30-14+. The molecule has 36 heavy (non-hydrogen) atoms. The van der Waals surface area contributed by atoms with Crippen LogP contribution in [-0.2, 0) is 9.47 Å². The zero-order chi connectivity index (χ0) is 24.9.